The summed E-state index contributed by atoms with van der Waals surface area (Å²) in [4.78, 5) is 47.4. The van der Waals surface area contributed by atoms with Gasteiger partial charge in [-0.25, -0.2) is 9.18 Å². The van der Waals surface area contributed by atoms with Crippen LogP contribution in [0.1, 0.15) is 55.5 Å². The van der Waals surface area contributed by atoms with E-state index in [0.717, 1.165) is 12.8 Å². The van der Waals surface area contributed by atoms with Gasteiger partial charge in [0, 0.05) is 17.0 Å². The third-order valence-electron chi connectivity index (χ3n) is 4.94. The number of amides is 2. The van der Waals surface area contributed by atoms with Crippen LogP contribution in [-0.4, -0.2) is 27.8 Å². The van der Waals surface area contributed by atoms with Gasteiger partial charge in [-0.2, -0.15) is 0 Å². The molecule has 0 spiro atoms. The van der Waals surface area contributed by atoms with Crippen LogP contribution in [-0.2, 0) is 4.84 Å². The van der Waals surface area contributed by atoms with Crippen molar-refractivity contribution < 1.29 is 23.6 Å². The molecule has 28 heavy (non-hydrogen) atoms. The molecule has 1 fully saturated rings. The largest absolute Gasteiger partial charge is 0.364 e. The van der Waals surface area contributed by atoms with Gasteiger partial charge in [-0.05, 0) is 49.2 Å². The van der Waals surface area contributed by atoms with Crippen molar-refractivity contribution in [2.45, 2.75) is 18.8 Å². The Balaban J connectivity index is 1.54. The summed E-state index contributed by atoms with van der Waals surface area (Å²) in [6.07, 6.45) is 1.93. The minimum Gasteiger partial charge on any atom is -0.324 e. The molecule has 0 radical (unpaired) electrons. The van der Waals surface area contributed by atoms with Gasteiger partial charge in [0.15, 0.2) is 0 Å². The van der Waals surface area contributed by atoms with E-state index in [2.05, 4.69) is 4.98 Å². The number of carbonyl (C=O) groups is 3. The summed E-state index contributed by atoms with van der Waals surface area (Å²) in [7, 11) is 0. The highest BCUT2D eigenvalue weighted by Crippen LogP contribution is 2.40. The van der Waals surface area contributed by atoms with Gasteiger partial charge in [-0.15, -0.1) is 0 Å². The highest BCUT2D eigenvalue weighted by Gasteiger charge is 2.39. The first-order valence-corrected chi connectivity index (χ1v) is 8.83. The maximum absolute atomic E-state index is 13.8. The maximum atomic E-state index is 13.8. The summed E-state index contributed by atoms with van der Waals surface area (Å²) in [5.74, 6) is -2.60. The Morgan fingerprint density at radius 1 is 1.04 bits per heavy atom. The molecule has 0 bridgehead atoms. The average Bonchev–Trinajstić information content (AvgIpc) is 3.52. The van der Waals surface area contributed by atoms with Crippen LogP contribution in [0.15, 0.2) is 48.5 Å². The molecule has 5 rings (SSSR count). The first-order valence-electron chi connectivity index (χ1n) is 8.83. The number of benzene rings is 2. The van der Waals surface area contributed by atoms with Gasteiger partial charge < -0.3 is 4.84 Å². The minimum atomic E-state index is -0.908. The average molecular weight is 376 g/mol. The Bertz CT molecular complexity index is 1150. The van der Waals surface area contributed by atoms with Crippen molar-refractivity contribution in [2.24, 2.45) is 0 Å². The number of hydroxylamine groups is 2. The molecule has 0 unspecified atom stereocenters. The minimum absolute atomic E-state index is 0.0722. The zero-order valence-corrected chi connectivity index (χ0v) is 14.5. The molecule has 0 atom stereocenters. The second kappa shape index (κ2) is 5.95. The fourth-order valence-electron chi connectivity index (χ4n) is 3.36. The van der Waals surface area contributed by atoms with E-state index in [1.54, 1.807) is 18.2 Å². The normalized spacial score (nSPS) is 15.8. The summed E-state index contributed by atoms with van der Waals surface area (Å²) < 4.78 is 13.8. The second-order valence-electron chi connectivity index (χ2n) is 6.86. The Hall–Kier alpha value is -3.61. The smallest absolute Gasteiger partial charge is 0.324 e. The summed E-state index contributed by atoms with van der Waals surface area (Å²) in [5, 5.41) is 0.723. The molecular formula is C21H13FN2O4. The number of imide groups is 1. The van der Waals surface area contributed by atoms with Gasteiger partial charge in [-0.3, -0.25) is 14.6 Å². The quantitative estimate of drug-likeness (QED) is 0.653. The summed E-state index contributed by atoms with van der Waals surface area (Å²) in [6.45, 7) is 0. The Labute approximate surface area is 158 Å². The number of rotatable bonds is 3. The maximum Gasteiger partial charge on any atom is 0.364 e. The van der Waals surface area contributed by atoms with Crippen molar-refractivity contribution in [1.82, 2.24) is 10.0 Å². The van der Waals surface area contributed by atoms with Crippen LogP contribution in [0.4, 0.5) is 4.39 Å². The number of pyridine rings is 1. The first kappa shape index (κ1) is 16.6. The van der Waals surface area contributed by atoms with Crippen LogP contribution in [0.25, 0.3) is 10.9 Å². The predicted octanol–water partition coefficient (Wildman–Crippen LogP) is 3.62. The molecule has 2 heterocycles. The Morgan fingerprint density at radius 3 is 2.36 bits per heavy atom. The van der Waals surface area contributed by atoms with Crippen LogP contribution in [0.5, 0.6) is 0 Å². The molecule has 1 aliphatic heterocycles. The lowest BCUT2D eigenvalue weighted by molar-refractivity contribution is -0.0583. The van der Waals surface area contributed by atoms with Gasteiger partial charge in [0.05, 0.1) is 22.2 Å². The van der Waals surface area contributed by atoms with Gasteiger partial charge in [0.25, 0.3) is 11.8 Å². The number of halogens is 1. The molecule has 1 aliphatic carbocycles. The van der Waals surface area contributed by atoms with Gasteiger partial charge in [-0.1, -0.05) is 17.2 Å². The highest BCUT2D eigenvalue weighted by atomic mass is 19.1. The van der Waals surface area contributed by atoms with Crippen molar-refractivity contribution in [2.75, 3.05) is 0 Å². The van der Waals surface area contributed by atoms with E-state index in [-0.39, 0.29) is 28.0 Å². The standard InChI is InChI=1S/C21H13FN2O4/c22-12-7-8-17-15(9-12)16(10-18(23-17)11-5-6-11)21(27)28-24-19(25)13-3-1-2-4-14(13)20(24)26/h1-4,7-11H,5-6H2. The fourth-order valence-corrected chi connectivity index (χ4v) is 3.36. The van der Waals surface area contributed by atoms with Crippen molar-refractivity contribution in [1.29, 1.82) is 0 Å². The lowest BCUT2D eigenvalue weighted by Gasteiger charge is -2.14. The van der Waals surface area contributed by atoms with E-state index >= 15 is 0 Å². The van der Waals surface area contributed by atoms with E-state index in [4.69, 9.17) is 4.84 Å². The molecule has 2 aromatic carbocycles. The Kier molecular flexibility index (Phi) is 3.52. The number of carbonyl (C=O) groups excluding carboxylic acids is 3. The zero-order valence-electron chi connectivity index (χ0n) is 14.5. The lowest BCUT2D eigenvalue weighted by atomic mass is 10.1. The van der Waals surface area contributed by atoms with Gasteiger partial charge >= 0.3 is 5.97 Å². The second-order valence-corrected chi connectivity index (χ2v) is 6.86. The van der Waals surface area contributed by atoms with Crippen LogP contribution in [0, 0.1) is 5.82 Å². The first-order chi connectivity index (χ1) is 13.5. The topological polar surface area (TPSA) is 76.6 Å². The highest BCUT2D eigenvalue weighted by molar-refractivity contribution is 6.21. The molecule has 1 saturated carbocycles. The van der Waals surface area contributed by atoms with Crippen LogP contribution >= 0.6 is 0 Å². The molecule has 2 aliphatic rings. The van der Waals surface area contributed by atoms with E-state index in [1.807, 2.05) is 0 Å². The molecular weight excluding hydrogens is 363 g/mol. The fraction of sp³-hybridized carbons (Fsp3) is 0.143. The third-order valence-corrected chi connectivity index (χ3v) is 4.94. The molecule has 7 heteroatoms. The van der Waals surface area contributed by atoms with Crippen molar-refractivity contribution in [3.8, 4) is 0 Å². The van der Waals surface area contributed by atoms with Gasteiger partial charge in [0.1, 0.15) is 5.82 Å². The predicted molar refractivity (Wildman–Crippen MR) is 96.0 cm³/mol. The van der Waals surface area contributed by atoms with Crippen molar-refractivity contribution in [3.05, 3.63) is 76.7 Å². The number of nitrogens with zero attached hydrogens (tertiary/aromatic N) is 2. The number of aromatic nitrogens is 1. The van der Waals surface area contributed by atoms with E-state index < -0.39 is 23.6 Å². The van der Waals surface area contributed by atoms with Gasteiger partial charge in [0.2, 0.25) is 0 Å². The zero-order chi connectivity index (χ0) is 19.4. The molecule has 0 saturated heterocycles. The molecule has 2 amide bonds. The van der Waals surface area contributed by atoms with E-state index in [0.29, 0.717) is 16.3 Å². The number of hydrogen-bond donors (Lipinski definition) is 0. The molecule has 0 N–H and O–H groups in total. The summed E-state index contributed by atoms with van der Waals surface area (Å²) in [6, 6.07) is 11.7. The summed E-state index contributed by atoms with van der Waals surface area (Å²) >= 11 is 0. The number of hydrogen-bond acceptors (Lipinski definition) is 5. The Morgan fingerprint density at radius 2 is 1.71 bits per heavy atom. The van der Waals surface area contributed by atoms with Crippen LogP contribution in [0.2, 0.25) is 0 Å². The van der Waals surface area contributed by atoms with Crippen molar-refractivity contribution >= 4 is 28.7 Å². The van der Waals surface area contributed by atoms with Crippen LogP contribution in [0.3, 0.4) is 0 Å². The number of fused-ring (bicyclic) bond motifs is 2. The monoisotopic (exact) mass is 376 g/mol. The molecule has 3 aromatic rings. The van der Waals surface area contributed by atoms with Crippen LogP contribution < -0.4 is 0 Å². The summed E-state index contributed by atoms with van der Waals surface area (Å²) in [5.41, 5.74) is 1.59. The molecule has 6 nitrogen and oxygen atoms in total. The SMILES string of the molecule is O=C(ON1C(=O)c2ccccc2C1=O)c1cc(C2CC2)nc2ccc(F)cc12. The van der Waals surface area contributed by atoms with E-state index in [9.17, 15) is 18.8 Å². The lowest BCUT2D eigenvalue weighted by Crippen LogP contribution is -2.32. The molecule has 138 valence electrons. The van der Waals surface area contributed by atoms with Crippen molar-refractivity contribution in [3.63, 3.8) is 0 Å². The van der Waals surface area contributed by atoms with E-state index in [1.165, 1.54) is 30.3 Å². The third kappa shape index (κ3) is 2.55. The molecule has 1 aromatic heterocycles.